The Bertz CT molecular complexity index is 283. The zero-order valence-electron chi connectivity index (χ0n) is 7.18. The highest BCUT2D eigenvalue weighted by Gasteiger charge is 2.00. The highest BCUT2D eigenvalue weighted by Crippen LogP contribution is 2.22. The summed E-state index contributed by atoms with van der Waals surface area (Å²) >= 11 is 9.19. The molecule has 0 aliphatic rings. The largest absolute Gasteiger partial charge is 0.383 e. The van der Waals surface area contributed by atoms with E-state index in [0.717, 1.165) is 4.47 Å². The first-order chi connectivity index (χ1) is 6.24. The molecule has 0 aliphatic heterocycles. The molecule has 1 rings (SSSR count). The van der Waals surface area contributed by atoms with Crippen LogP contribution in [0.4, 0.5) is 5.82 Å². The normalized spacial score (nSPS) is 10.1. The predicted molar refractivity (Wildman–Crippen MR) is 57.3 cm³/mol. The van der Waals surface area contributed by atoms with Crippen molar-refractivity contribution in [3.8, 4) is 0 Å². The van der Waals surface area contributed by atoms with Gasteiger partial charge in [-0.2, -0.15) is 0 Å². The molecule has 0 saturated heterocycles. The maximum absolute atomic E-state index is 5.91. The Morgan fingerprint density at radius 3 is 3.08 bits per heavy atom. The maximum atomic E-state index is 5.91. The topological polar surface area (TPSA) is 34.1 Å². The molecule has 0 amide bonds. The van der Waals surface area contributed by atoms with Gasteiger partial charge in [-0.25, -0.2) is 4.98 Å². The molecule has 5 heteroatoms. The zero-order chi connectivity index (χ0) is 9.68. The summed E-state index contributed by atoms with van der Waals surface area (Å²) in [6.07, 6.45) is 1.70. The summed E-state index contributed by atoms with van der Waals surface area (Å²) in [7, 11) is 1.65. The van der Waals surface area contributed by atoms with Crippen LogP contribution in [-0.4, -0.2) is 25.2 Å². The minimum atomic E-state index is 0.602. The van der Waals surface area contributed by atoms with E-state index in [-0.39, 0.29) is 0 Å². The van der Waals surface area contributed by atoms with E-state index in [1.807, 2.05) is 0 Å². The third-order valence-corrected chi connectivity index (χ3v) is 2.13. The van der Waals surface area contributed by atoms with Gasteiger partial charge in [0.2, 0.25) is 0 Å². The number of nitrogens with one attached hydrogen (secondary N) is 1. The lowest BCUT2D eigenvalue weighted by atomic mass is 10.4. The molecule has 0 aliphatic carbocycles. The molecular formula is C8H10BrClN2O. The maximum Gasteiger partial charge on any atom is 0.144 e. The monoisotopic (exact) mass is 264 g/mol. The molecule has 0 bridgehead atoms. The van der Waals surface area contributed by atoms with Crippen LogP contribution >= 0.6 is 27.5 Å². The van der Waals surface area contributed by atoms with Gasteiger partial charge in [0.05, 0.1) is 11.6 Å². The van der Waals surface area contributed by atoms with Crippen LogP contribution in [0.15, 0.2) is 16.7 Å². The van der Waals surface area contributed by atoms with Gasteiger partial charge < -0.3 is 10.1 Å². The van der Waals surface area contributed by atoms with Crippen molar-refractivity contribution in [1.82, 2.24) is 4.98 Å². The van der Waals surface area contributed by atoms with Crippen LogP contribution in [0.5, 0.6) is 0 Å². The Labute approximate surface area is 90.6 Å². The van der Waals surface area contributed by atoms with Crippen molar-refractivity contribution >= 4 is 33.3 Å². The van der Waals surface area contributed by atoms with Crippen LogP contribution in [0.2, 0.25) is 5.02 Å². The first-order valence-electron chi connectivity index (χ1n) is 3.78. The number of aromatic nitrogens is 1. The number of hydrogen-bond donors (Lipinski definition) is 1. The Hall–Kier alpha value is -0.320. The van der Waals surface area contributed by atoms with Crippen LogP contribution in [0.1, 0.15) is 0 Å². The molecule has 0 unspecified atom stereocenters. The first-order valence-corrected chi connectivity index (χ1v) is 4.95. The molecule has 0 aromatic carbocycles. The second kappa shape index (κ2) is 5.42. The van der Waals surface area contributed by atoms with Crippen molar-refractivity contribution in [2.75, 3.05) is 25.6 Å². The molecule has 1 heterocycles. The third-order valence-electron chi connectivity index (χ3n) is 1.41. The molecule has 1 aromatic rings. The van der Waals surface area contributed by atoms with Gasteiger partial charge in [-0.1, -0.05) is 11.6 Å². The quantitative estimate of drug-likeness (QED) is 0.850. The smallest absolute Gasteiger partial charge is 0.144 e. The molecule has 0 radical (unpaired) electrons. The fourth-order valence-corrected chi connectivity index (χ4v) is 1.51. The summed E-state index contributed by atoms with van der Waals surface area (Å²) in [6.45, 7) is 1.33. The molecule has 13 heavy (non-hydrogen) atoms. The van der Waals surface area contributed by atoms with E-state index < -0.39 is 0 Å². The molecule has 0 fully saturated rings. The van der Waals surface area contributed by atoms with E-state index in [0.29, 0.717) is 24.0 Å². The lowest BCUT2D eigenvalue weighted by molar-refractivity contribution is 0.210. The average Bonchev–Trinajstić information content (AvgIpc) is 2.09. The van der Waals surface area contributed by atoms with Gasteiger partial charge in [-0.3, -0.25) is 0 Å². The number of ether oxygens (including phenoxy) is 1. The van der Waals surface area contributed by atoms with Crippen LogP contribution < -0.4 is 5.32 Å². The van der Waals surface area contributed by atoms with Crippen LogP contribution in [0.3, 0.4) is 0 Å². The third kappa shape index (κ3) is 3.50. The number of pyridine rings is 1. The fourth-order valence-electron chi connectivity index (χ4n) is 0.816. The van der Waals surface area contributed by atoms with E-state index in [1.165, 1.54) is 0 Å². The minimum absolute atomic E-state index is 0.602. The highest BCUT2D eigenvalue weighted by molar-refractivity contribution is 9.10. The van der Waals surface area contributed by atoms with Crippen molar-refractivity contribution < 1.29 is 4.74 Å². The molecular weight excluding hydrogens is 255 g/mol. The standard InChI is InChI=1S/C8H10BrClN2O/c1-13-3-2-11-8-7(10)4-6(9)5-12-8/h4-5H,2-3H2,1H3,(H,11,12). The van der Waals surface area contributed by atoms with E-state index in [4.69, 9.17) is 16.3 Å². The van der Waals surface area contributed by atoms with E-state index in [1.54, 1.807) is 19.4 Å². The highest BCUT2D eigenvalue weighted by atomic mass is 79.9. The Kier molecular flexibility index (Phi) is 4.48. The van der Waals surface area contributed by atoms with Gasteiger partial charge in [-0.05, 0) is 22.0 Å². The molecule has 72 valence electrons. The van der Waals surface area contributed by atoms with Gasteiger partial charge in [-0.15, -0.1) is 0 Å². The van der Waals surface area contributed by atoms with Crippen molar-refractivity contribution in [3.63, 3.8) is 0 Å². The summed E-state index contributed by atoms with van der Waals surface area (Å²) in [5.74, 6) is 0.682. The van der Waals surface area contributed by atoms with Gasteiger partial charge in [0.1, 0.15) is 5.82 Å². The van der Waals surface area contributed by atoms with E-state index in [9.17, 15) is 0 Å². The summed E-state index contributed by atoms with van der Waals surface area (Å²) in [4.78, 5) is 4.10. The fraction of sp³-hybridized carbons (Fsp3) is 0.375. The average molecular weight is 266 g/mol. The minimum Gasteiger partial charge on any atom is -0.383 e. The van der Waals surface area contributed by atoms with Crippen LogP contribution in [0.25, 0.3) is 0 Å². The van der Waals surface area contributed by atoms with Crippen molar-refractivity contribution in [1.29, 1.82) is 0 Å². The summed E-state index contributed by atoms with van der Waals surface area (Å²) in [5.41, 5.74) is 0. The van der Waals surface area contributed by atoms with Crippen LogP contribution in [0, 0.1) is 0 Å². The Morgan fingerprint density at radius 2 is 2.46 bits per heavy atom. The van der Waals surface area contributed by atoms with E-state index >= 15 is 0 Å². The molecule has 0 spiro atoms. The van der Waals surface area contributed by atoms with Crippen molar-refractivity contribution in [3.05, 3.63) is 21.8 Å². The number of methoxy groups -OCH3 is 1. The second-order valence-electron chi connectivity index (χ2n) is 2.40. The van der Waals surface area contributed by atoms with Crippen molar-refractivity contribution in [2.24, 2.45) is 0 Å². The van der Waals surface area contributed by atoms with Gasteiger partial charge in [0, 0.05) is 24.3 Å². The summed E-state index contributed by atoms with van der Waals surface area (Å²) in [6, 6.07) is 1.80. The lowest BCUT2D eigenvalue weighted by Crippen LogP contribution is -2.08. The Balaban J connectivity index is 2.56. The first kappa shape index (κ1) is 10.8. The van der Waals surface area contributed by atoms with Gasteiger partial charge in [0.25, 0.3) is 0 Å². The number of rotatable bonds is 4. The predicted octanol–water partition coefficient (Wildman–Crippen LogP) is 2.56. The molecule has 1 aromatic heterocycles. The summed E-state index contributed by atoms with van der Waals surface area (Å²) < 4.78 is 5.75. The van der Waals surface area contributed by atoms with Crippen LogP contribution in [-0.2, 0) is 4.74 Å². The zero-order valence-corrected chi connectivity index (χ0v) is 9.52. The van der Waals surface area contributed by atoms with Gasteiger partial charge >= 0.3 is 0 Å². The second-order valence-corrected chi connectivity index (χ2v) is 3.73. The number of anilines is 1. The molecule has 0 atom stereocenters. The Morgan fingerprint density at radius 1 is 1.69 bits per heavy atom. The molecule has 1 N–H and O–H groups in total. The SMILES string of the molecule is COCCNc1ncc(Br)cc1Cl. The summed E-state index contributed by atoms with van der Waals surface area (Å²) in [5, 5.41) is 3.65. The van der Waals surface area contributed by atoms with Gasteiger partial charge in [0.15, 0.2) is 0 Å². The van der Waals surface area contributed by atoms with E-state index in [2.05, 4.69) is 26.2 Å². The molecule has 0 saturated carbocycles. The number of nitrogens with zero attached hydrogens (tertiary/aromatic N) is 1. The number of hydrogen-bond acceptors (Lipinski definition) is 3. The molecule has 3 nitrogen and oxygen atoms in total. The lowest BCUT2D eigenvalue weighted by Gasteiger charge is -2.06. The van der Waals surface area contributed by atoms with Crippen molar-refractivity contribution in [2.45, 2.75) is 0 Å². The number of halogens is 2.